The third-order valence-electron chi connectivity index (χ3n) is 5.25. The number of hydrogen-bond donors (Lipinski definition) is 2. The highest BCUT2D eigenvalue weighted by molar-refractivity contribution is 5.80. The van der Waals surface area contributed by atoms with Gasteiger partial charge in [0.2, 0.25) is 12.1 Å². The lowest BCUT2D eigenvalue weighted by Crippen LogP contribution is -2.36. The molecule has 0 saturated heterocycles. The monoisotopic (exact) mass is 432 g/mol. The molecule has 7 nitrogen and oxygen atoms in total. The van der Waals surface area contributed by atoms with Gasteiger partial charge in [-0.3, -0.25) is 0 Å². The fourth-order valence-electron chi connectivity index (χ4n) is 3.56. The van der Waals surface area contributed by atoms with Gasteiger partial charge in [0, 0.05) is 12.5 Å². The van der Waals surface area contributed by atoms with Crippen LogP contribution in [0.4, 0.5) is 5.82 Å². The van der Waals surface area contributed by atoms with E-state index in [-0.39, 0.29) is 0 Å². The van der Waals surface area contributed by atoms with Gasteiger partial charge in [0.1, 0.15) is 6.61 Å². The van der Waals surface area contributed by atoms with Crippen molar-refractivity contribution in [1.29, 1.82) is 0 Å². The van der Waals surface area contributed by atoms with E-state index in [9.17, 15) is 0 Å². The number of aromatic nitrogens is 4. The number of imidazole rings is 1. The SMILES string of the molecule is CCNc1nc[n+](Cc2ccc(OC)c(OCc3ccccc3)c2)c2nc(C(C)C)[nH]c12. The van der Waals surface area contributed by atoms with Crippen LogP contribution < -0.4 is 19.4 Å². The van der Waals surface area contributed by atoms with Crippen molar-refractivity contribution in [1.82, 2.24) is 15.0 Å². The van der Waals surface area contributed by atoms with Crippen LogP contribution in [0, 0.1) is 0 Å². The minimum Gasteiger partial charge on any atom is -0.493 e. The molecule has 0 amide bonds. The molecule has 4 rings (SSSR count). The molecule has 2 aromatic heterocycles. The number of methoxy groups -OCH3 is 1. The van der Waals surface area contributed by atoms with Gasteiger partial charge in [-0.2, -0.15) is 0 Å². The third-order valence-corrected chi connectivity index (χ3v) is 5.25. The molecule has 166 valence electrons. The summed E-state index contributed by atoms with van der Waals surface area (Å²) in [6.45, 7) is 8.20. The Labute approximate surface area is 188 Å². The Bertz CT molecular complexity index is 1190. The number of nitrogens with one attached hydrogen (secondary N) is 2. The molecule has 0 radical (unpaired) electrons. The number of benzene rings is 2. The second kappa shape index (κ2) is 9.68. The number of anilines is 1. The number of fused-ring (bicyclic) bond motifs is 1. The molecule has 2 aromatic carbocycles. The molecule has 2 N–H and O–H groups in total. The first-order valence-corrected chi connectivity index (χ1v) is 10.9. The molecule has 0 aliphatic rings. The van der Waals surface area contributed by atoms with Gasteiger partial charge in [-0.15, -0.1) is 0 Å². The minimum atomic E-state index is 0.296. The zero-order valence-electron chi connectivity index (χ0n) is 19.1. The third kappa shape index (κ3) is 4.66. The highest BCUT2D eigenvalue weighted by atomic mass is 16.5. The number of aromatic amines is 1. The van der Waals surface area contributed by atoms with Crippen molar-refractivity contribution in [2.24, 2.45) is 0 Å². The maximum Gasteiger partial charge on any atom is 0.294 e. The summed E-state index contributed by atoms with van der Waals surface area (Å²) in [5.41, 5.74) is 3.98. The Hall–Kier alpha value is -3.61. The first-order chi connectivity index (χ1) is 15.6. The van der Waals surface area contributed by atoms with E-state index in [4.69, 9.17) is 14.5 Å². The number of ether oxygens (including phenoxy) is 2. The first-order valence-electron chi connectivity index (χ1n) is 10.9. The predicted molar refractivity (Wildman–Crippen MR) is 125 cm³/mol. The molecule has 0 spiro atoms. The Morgan fingerprint density at radius 1 is 1.06 bits per heavy atom. The van der Waals surface area contributed by atoms with Gasteiger partial charge < -0.3 is 19.8 Å². The van der Waals surface area contributed by atoms with Gasteiger partial charge in [-0.05, 0) is 30.2 Å². The smallest absolute Gasteiger partial charge is 0.294 e. The first kappa shape index (κ1) is 21.6. The Balaban J connectivity index is 1.64. The van der Waals surface area contributed by atoms with E-state index in [1.165, 1.54) is 0 Å². The van der Waals surface area contributed by atoms with Crippen LogP contribution in [0.25, 0.3) is 11.2 Å². The van der Waals surface area contributed by atoms with Crippen LogP contribution in [0.2, 0.25) is 0 Å². The van der Waals surface area contributed by atoms with Gasteiger partial charge in [0.15, 0.2) is 22.8 Å². The van der Waals surface area contributed by atoms with Gasteiger partial charge in [-0.1, -0.05) is 60.2 Å². The molecule has 0 saturated carbocycles. The normalized spacial score (nSPS) is 11.2. The fraction of sp³-hybridized carbons (Fsp3) is 0.320. The van der Waals surface area contributed by atoms with Gasteiger partial charge in [0.05, 0.1) is 13.7 Å². The second-order valence-corrected chi connectivity index (χ2v) is 7.99. The van der Waals surface area contributed by atoms with Crippen LogP contribution in [0.15, 0.2) is 54.9 Å². The van der Waals surface area contributed by atoms with Gasteiger partial charge in [-0.25, -0.2) is 4.57 Å². The van der Waals surface area contributed by atoms with Crippen molar-refractivity contribution in [2.75, 3.05) is 19.0 Å². The number of hydrogen-bond acceptors (Lipinski definition) is 5. The standard InChI is InChI=1S/C25H29N5O2/c1-5-26-24-22-25(29-23(28-22)17(2)3)30(16-27-24)14-19-11-12-20(31-4)21(13-19)32-15-18-9-7-6-8-10-18/h6-13,16-17H,5,14-15H2,1-4H3,(H,26,28,29)/p+1. The molecule has 7 heteroatoms. The highest BCUT2D eigenvalue weighted by Crippen LogP contribution is 2.29. The number of H-pyrrole nitrogens is 1. The van der Waals surface area contributed by atoms with Crippen LogP contribution in [-0.2, 0) is 13.2 Å². The van der Waals surface area contributed by atoms with E-state index in [2.05, 4.69) is 40.6 Å². The maximum absolute atomic E-state index is 6.08. The van der Waals surface area contributed by atoms with E-state index < -0.39 is 0 Å². The summed E-state index contributed by atoms with van der Waals surface area (Å²) >= 11 is 0. The summed E-state index contributed by atoms with van der Waals surface area (Å²) in [4.78, 5) is 12.9. The summed E-state index contributed by atoms with van der Waals surface area (Å²) < 4.78 is 13.7. The molecule has 0 unspecified atom stereocenters. The average Bonchev–Trinajstić information content (AvgIpc) is 3.27. The summed E-state index contributed by atoms with van der Waals surface area (Å²) in [5, 5.41) is 3.32. The van der Waals surface area contributed by atoms with Gasteiger partial charge in [0.25, 0.3) is 5.65 Å². The van der Waals surface area contributed by atoms with Crippen LogP contribution in [-0.4, -0.2) is 28.6 Å². The van der Waals surface area contributed by atoms with Crippen molar-refractivity contribution in [2.45, 2.75) is 39.8 Å². The molecule has 0 fully saturated rings. The average molecular weight is 433 g/mol. The zero-order valence-corrected chi connectivity index (χ0v) is 19.1. The van der Waals surface area contributed by atoms with E-state index in [1.54, 1.807) is 7.11 Å². The fourth-order valence-corrected chi connectivity index (χ4v) is 3.56. The minimum absolute atomic E-state index is 0.296. The van der Waals surface area contributed by atoms with E-state index in [0.717, 1.165) is 40.5 Å². The van der Waals surface area contributed by atoms with E-state index in [1.807, 2.05) is 54.9 Å². The predicted octanol–water partition coefficient (Wildman–Crippen LogP) is 4.44. The topological polar surface area (TPSA) is 75.9 Å². The summed E-state index contributed by atoms with van der Waals surface area (Å²) in [7, 11) is 1.66. The molecule has 0 bridgehead atoms. The Morgan fingerprint density at radius 2 is 1.88 bits per heavy atom. The second-order valence-electron chi connectivity index (χ2n) is 7.99. The highest BCUT2D eigenvalue weighted by Gasteiger charge is 2.21. The quantitative estimate of drug-likeness (QED) is 0.383. The molecule has 0 atom stereocenters. The van der Waals surface area contributed by atoms with Crippen molar-refractivity contribution < 1.29 is 14.0 Å². The lowest BCUT2D eigenvalue weighted by atomic mass is 10.2. The van der Waals surface area contributed by atoms with E-state index >= 15 is 0 Å². The summed E-state index contributed by atoms with van der Waals surface area (Å²) in [6, 6.07) is 16.1. The van der Waals surface area contributed by atoms with Crippen LogP contribution in [0.3, 0.4) is 0 Å². The Kier molecular flexibility index (Phi) is 6.54. The zero-order chi connectivity index (χ0) is 22.5. The summed E-state index contributed by atoms with van der Waals surface area (Å²) in [6.07, 6.45) is 1.83. The maximum atomic E-state index is 6.08. The van der Waals surface area contributed by atoms with E-state index in [0.29, 0.717) is 30.6 Å². The van der Waals surface area contributed by atoms with Crippen molar-refractivity contribution >= 4 is 17.0 Å². The molecule has 0 aliphatic carbocycles. The number of rotatable bonds is 9. The van der Waals surface area contributed by atoms with Crippen molar-refractivity contribution in [3.8, 4) is 11.5 Å². The molecular formula is C25H30N5O2+. The molecular weight excluding hydrogens is 402 g/mol. The Morgan fingerprint density at radius 3 is 2.59 bits per heavy atom. The number of nitrogens with zero attached hydrogens (tertiary/aromatic N) is 3. The van der Waals surface area contributed by atoms with Gasteiger partial charge >= 0.3 is 0 Å². The molecule has 0 aliphatic heterocycles. The molecule has 2 heterocycles. The van der Waals surface area contributed by atoms with Crippen LogP contribution >= 0.6 is 0 Å². The summed E-state index contributed by atoms with van der Waals surface area (Å²) in [5.74, 6) is 3.49. The molecule has 32 heavy (non-hydrogen) atoms. The lowest BCUT2D eigenvalue weighted by molar-refractivity contribution is -0.667. The van der Waals surface area contributed by atoms with Crippen LogP contribution in [0.5, 0.6) is 11.5 Å². The molecule has 4 aromatic rings. The van der Waals surface area contributed by atoms with Crippen molar-refractivity contribution in [3.05, 3.63) is 71.8 Å². The van der Waals surface area contributed by atoms with Crippen molar-refractivity contribution in [3.63, 3.8) is 0 Å². The lowest BCUT2D eigenvalue weighted by Gasteiger charge is -2.12. The largest absolute Gasteiger partial charge is 0.493 e. The van der Waals surface area contributed by atoms with Crippen LogP contribution in [0.1, 0.15) is 43.6 Å².